The number of rotatable bonds is 8. The molecule has 0 aromatic heterocycles. The Bertz CT molecular complexity index is 1070. The van der Waals surface area contributed by atoms with Crippen LogP contribution in [-0.2, 0) is 17.8 Å². The highest BCUT2D eigenvalue weighted by Crippen LogP contribution is 2.16. The van der Waals surface area contributed by atoms with E-state index in [4.69, 9.17) is 11.6 Å². The van der Waals surface area contributed by atoms with Crippen LogP contribution in [0, 0.1) is 0 Å². The number of carbonyl (C=O) groups excluding carboxylic acids is 2. The summed E-state index contributed by atoms with van der Waals surface area (Å²) in [6.45, 7) is 2.70. The van der Waals surface area contributed by atoms with Gasteiger partial charge in [-0.2, -0.15) is 0 Å². The number of halogens is 1. The van der Waals surface area contributed by atoms with E-state index in [1.165, 1.54) is 5.56 Å². The van der Waals surface area contributed by atoms with Gasteiger partial charge in [0.05, 0.1) is 0 Å². The minimum Gasteiger partial charge on any atom is -0.351 e. The highest BCUT2D eigenvalue weighted by molar-refractivity contribution is 6.30. The second kappa shape index (κ2) is 11.8. The molecule has 176 valence electrons. The van der Waals surface area contributed by atoms with Gasteiger partial charge in [0, 0.05) is 42.7 Å². The van der Waals surface area contributed by atoms with Gasteiger partial charge in [0.2, 0.25) is 5.91 Å². The average Bonchev–Trinajstić information content (AvgIpc) is 2.87. The summed E-state index contributed by atoms with van der Waals surface area (Å²) in [6, 6.07) is 26.2. The summed E-state index contributed by atoms with van der Waals surface area (Å²) in [5.74, 6) is -0.376. The Labute approximate surface area is 206 Å². The number of amides is 2. The Kier molecular flexibility index (Phi) is 8.34. The van der Waals surface area contributed by atoms with Crippen molar-refractivity contribution in [1.82, 2.24) is 15.5 Å². The van der Waals surface area contributed by atoms with Gasteiger partial charge in [-0.25, -0.2) is 0 Å². The lowest BCUT2D eigenvalue weighted by molar-refractivity contribution is -0.124. The molecule has 0 bridgehead atoms. The van der Waals surface area contributed by atoms with Gasteiger partial charge in [-0.05, 0) is 48.2 Å². The first-order chi connectivity index (χ1) is 16.6. The van der Waals surface area contributed by atoms with Gasteiger partial charge < -0.3 is 10.6 Å². The maximum atomic E-state index is 13.2. The molecule has 1 saturated heterocycles. The molecule has 2 N–H and O–H groups in total. The second-order valence-corrected chi connectivity index (χ2v) is 9.20. The first-order valence-electron chi connectivity index (χ1n) is 11.7. The molecule has 3 aromatic rings. The number of carbonyl (C=O) groups is 2. The molecule has 34 heavy (non-hydrogen) atoms. The average molecular weight is 476 g/mol. The van der Waals surface area contributed by atoms with Crippen molar-refractivity contribution >= 4 is 23.4 Å². The van der Waals surface area contributed by atoms with Gasteiger partial charge in [-0.15, -0.1) is 0 Å². The van der Waals surface area contributed by atoms with Gasteiger partial charge in [0.25, 0.3) is 5.91 Å². The predicted molar refractivity (Wildman–Crippen MR) is 136 cm³/mol. The Morgan fingerprint density at radius 1 is 0.853 bits per heavy atom. The first kappa shape index (κ1) is 24.0. The zero-order valence-corrected chi connectivity index (χ0v) is 19.9. The van der Waals surface area contributed by atoms with Crippen molar-refractivity contribution in [2.24, 2.45) is 0 Å². The van der Waals surface area contributed by atoms with E-state index in [1.807, 2.05) is 60.7 Å². The van der Waals surface area contributed by atoms with Crippen molar-refractivity contribution in [3.8, 4) is 0 Å². The maximum absolute atomic E-state index is 13.2. The molecule has 1 heterocycles. The normalized spacial score (nSPS) is 15.4. The fourth-order valence-electron chi connectivity index (χ4n) is 4.28. The number of nitrogens with zero attached hydrogens (tertiary/aromatic N) is 1. The van der Waals surface area contributed by atoms with E-state index in [9.17, 15) is 9.59 Å². The van der Waals surface area contributed by atoms with Crippen molar-refractivity contribution < 1.29 is 9.59 Å². The molecule has 1 aliphatic heterocycles. The smallest absolute Gasteiger partial charge is 0.251 e. The molecule has 1 atom stereocenters. The SMILES string of the molecule is O=C(N[C@@H](Cc1ccccc1)C(=O)NC1CCN(Cc2ccc(Cl)cc2)CC1)c1ccccc1. The minimum atomic E-state index is -0.637. The van der Waals surface area contributed by atoms with Gasteiger partial charge in [0.15, 0.2) is 0 Å². The highest BCUT2D eigenvalue weighted by atomic mass is 35.5. The quantitative estimate of drug-likeness (QED) is 0.505. The molecular weight excluding hydrogens is 446 g/mol. The molecule has 0 spiro atoms. The fourth-order valence-corrected chi connectivity index (χ4v) is 4.40. The van der Waals surface area contributed by atoms with Crippen LogP contribution in [0.4, 0.5) is 0 Å². The van der Waals surface area contributed by atoms with E-state index >= 15 is 0 Å². The lowest BCUT2D eigenvalue weighted by atomic mass is 10.0. The van der Waals surface area contributed by atoms with Crippen LogP contribution in [-0.4, -0.2) is 41.9 Å². The van der Waals surface area contributed by atoms with Crippen LogP contribution in [0.3, 0.4) is 0 Å². The summed E-state index contributed by atoms with van der Waals surface area (Å²) >= 11 is 5.98. The maximum Gasteiger partial charge on any atom is 0.251 e. The Balaban J connectivity index is 1.34. The summed E-state index contributed by atoms with van der Waals surface area (Å²) in [4.78, 5) is 28.4. The van der Waals surface area contributed by atoms with Crippen molar-refractivity contribution in [3.05, 3.63) is 107 Å². The van der Waals surface area contributed by atoms with Crippen LogP contribution in [0.1, 0.15) is 34.3 Å². The predicted octanol–water partition coefficient (Wildman–Crippen LogP) is 4.46. The van der Waals surface area contributed by atoms with Gasteiger partial charge in [-0.1, -0.05) is 72.3 Å². The summed E-state index contributed by atoms with van der Waals surface area (Å²) in [5, 5.41) is 6.88. The Morgan fingerprint density at radius 3 is 2.12 bits per heavy atom. The molecule has 1 aliphatic rings. The molecule has 0 unspecified atom stereocenters. The number of hydrogen-bond donors (Lipinski definition) is 2. The lowest BCUT2D eigenvalue weighted by Crippen LogP contribution is -2.52. The van der Waals surface area contributed by atoms with Crippen LogP contribution in [0.25, 0.3) is 0 Å². The first-order valence-corrected chi connectivity index (χ1v) is 12.1. The van der Waals surface area contributed by atoms with Crippen molar-refractivity contribution in [3.63, 3.8) is 0 Å². The minimum absolute atomic E-state index is 0.0980. The number of benzene rings is 3. The molecule has 0 radical (unpaired) electrons. The zero-order chi connectivity index (χ0) is 23.8. The van der Waals surface area contributed by atoms with Crippen LogP contribution >= 0.6 is 11.6 Å². The second-order valence-electron chi connectivity index (χ2n) is 8.77. The molecule has 1 fully saturated rings. The lowest BCUT2D eigenvalue weighted by Gasteiger charge is -2.33. The van der Waals surface area contributed by atoms with E-state index < -0.39 is 6.04 Å². The third-order valence-corrected chi connectivity index (χ3v) is 6.45. The molecule has 0 aliphatic carbocycles. The Hall–Kier alpha value is -3.15. The monoisotopic (exact) mass is 475 g/mol. The summed E-state index contributed by atoms with van der Waals surface area (Å²) in [6.07, 6.45) is 2.20. The van der Waals surface area contributed by atoms with Crippen molar-refractivity contribution in [2.45, 2.75) is 37.9 Å². The third-order valence-electron chi connectivity index (χ3n) is 6.19. The third kappa shape index (κ3) is 6.92. The van der Waals surface area contributed by atoms with Crippen LogP contribution < -0.4 is 10.6 Å². The summed E-state index contributed by atoms with van der Waals surface area (Å²) in [7, 11) is 0. The molecule has 4 rings (SSSR count). The number of piperidine rings is 1. The Morgan fingerprint density at radius 2 is 1.47 bits per heavy atom. The molecule has 3 aromatic carbocycles. The molecule has 6 heteroatoms. The molecular formula is C28H30ClN3O2. The van der Waals surface area contributed by atoms with E-state index in [0.29, 0.717) is 12.0 Å². The molecule has 2 amide bonds. The van der Waals surface area contributed by atoms with Crippen LogP contribution in [0.2, 0.25) is 5.02 Å². The summed E-state index contributed by atoms with van der Waals surface area (Å²) < 4.78 is 0. The van der Waals surface area contributed by atoms with E-state index in [0.717, 1.165) is 43.1 Å². The molecule has 5 nitrogen and oxygen atoms in total. The topological polar surface area (TPSA) is 61.4 Å². The van der Waals surface area contributed by atoms with Crippen LogP contribution in [0.5, 0.6) is 0 Å². The zero-order valence-electron chi connectivity index (χ0n) is 19.1. The van der Waals surface area contributed by atoms with E-state index in [1.54, 1.807) is 12.1 Å². The standard InChI is InChI=1S/C28H30ClN3O2/c29-24-13-11-22(12-14-24)20-32-17-15-25(16-18-32)30-28(34)26(19-21-7-3-1-4-8-21)31-27(33)23-9-5-2-6-10-23/h1-14,25-26H,15-20H2,(H,30,34)(H,31,33)/t26-/m0/s1. The number of likely N-dealkylation sites (tertiary alicyclic amines) is 1. The summed E-state index contributed by atoms with van der Waals surface area (Å²) in [5.41, 5.74) is 2.79. The number of nitrogens with one attached hydrogen (secondary N) is 2. The van der Waals surface area contributed by atoms with Gasteiger partial charge in [-0.3, -0.25) is 14.5 Å². The van der Waals surface area contributed by atoms with E-state index in [2.05, 4.69) is 27.7 Å². The largest absolute Gasteiger partial charge is 0.351 e. The van der Waals surface area contributed by atoms with Crippen LogP contribution in [0.15, 0.2) is 84.9 Å². The van der Waals surface area contributed by atoms with Gasteiger partial charge in [0.1, 0.15) is 6.04 Å². The van der Waals surface area contributed by atoms with Crippen molar-refractivity contribution in [2.75, 3.05) is 13.1 Å². The van der Waals surface area contributed by atoms with E-state index in [-0.39, 0.29) is 17.9 Å². The van der Waals surface area contributed by atoms with Crippen molar-refractivity contribution in [1.29, 1.82) is 0 Å². The highest BCUT2D eigenvalue weighted by Gasteiger charge is 2.26. The number of hydrogen-bond acceptors (Lipinski definition) is 3. The van der Waals surface area contributed by atoms with Gasteiger partial charge >= 0.3 is 0 Å². The fraction of sp³-hybridized carbons (Fsp3) is 0.286. The molecule has 0 saturated carbocycles.